The van der Waals surface area contributed by atoms with E-state index in [0.29, 0.717) is 29.5 Å². The van der Waals surface area contributed by atoms with E-state index in [1.807, 2.05) is 114 Å². The minimum Gasteiger partial charge on any atom is -0.460 e. The van der Waals surface area contributed by atoms with Gasteiger partial charge < -0.3 is 44.5 Å². The second-order valence-corrected chi connectivity index (χ2v) is 28.5. The summed E-state index contributed by atoms with van der Waals surface area (Å²) in [4.78, 5) is 94.1. The van der Waals surface area contributed by atoms with Gasteiger partial charge in [-0.1, -0.05) is 133 Å². The molecule has 5 aromatic rings. The Balaban J connectivity index is 0.809. The molecule has 3 aromatic heterocycles. The van der Waals surface area contributed by atoms with Crippen LogP contribution < -0.4 is 16.0 Å². The van der Waals surface area contributed by atoms with Gasteiger partial charge in [-0.3, -0.25) is 38.3 Å². The summed E-state index contributed by atoms with van der Waals surface area (Å²) in [7, 11) is 0. The summed E-state index contributed by atoms with van der Waals surface area (Å²) in [6.07, 6.45) is 12.8. The topological polar surface area (TPSA) is 244 Å². The van der Waals surface area contributed by atoms with Crippen molar-refractivity contribution in [1.82, 2.24) is 40.6 Å². The number of fused-ring (bicyclic) bond motifs is 3. The molecule has 4 atom stereocenters. The van der Waals surface area contributed by atoms with Crippen molar-refractivity contribution in [2.45, 2.75) is 208 Å². The monoisotopic (exact) mass is 1330 g/mol. The van der Waals surface area contributed by atoms with Gasteiger partial charge in [0.05, 0.1) is 67.8 Å². The molecule has 2 aliphatic rings. The van der Waals surface area contributed by atoms with Crippen LogP contribution in [0.5, 0.6) is 0 Å². The van der Waals surface area contributed by atoms with Crippen molar-refractivity contribution < 1.29 is 52.5 Å². The molecular weight excluding hydrogens is 1230 g/mol. The van der Waals surface area contributed by atoms with Crippen LogP contribution in [0.3, 0.4) is 0 Å². The van der Waals surface area contributed by atoms with E-state index in [9.17, 15) is 28.8 Å². The fourth-order valence-corrected chi connectivity index (χ4v) is 13.4. The number of amides is 4. The zero-order valence-electron chi connectivity index (χ0n) is 55.6. The maximum atomic E-state index is 14.7. The average Bonchev–Trinajstić information content (AvgIpc) is 1.59. The number of rotatable bonds is 36. The summed E-state index contributed by atoms with van der Waals surface area (Å²) in [5, 5.41) is 19.3. The fourth-order valence-electron chi connectivity index (χ4n) is 11.2. The summed E-state index contributed by atoms with van der Waals surface area (Å²) >= 11 is 9.48. The van der Waals surface area contributed by atoms with Crippen molar-refractivity contribution in [3.8, 4) is 15.4 Å². The van der Waals surface area contributed by atoms with E-state index in [1.54, 1.807) is 22.7 Å². The molecule has 0 bridgehead atoms. The number of likely N-dealkylation sites (tertiary alicyclic amines) is 1. The summed E-state index contributed by atoms with van der Waals surface area (Å²) in [6, 6.07) is 12.8. The molecule has 1 saturated heterocycles. The lowest BCUT2D eigenvalue weighted by Crippen LogP contribution is -2.58. The molecule has 7 rings (SSSR count). The molecule has 5 heterocycles. The van der Waals surface area contributed by atoms with Crippen LogP contribution in [0.2, 0.25) is 5.02 Å². The second kappa shape index (κ2) is 35.7. The largest absolute Gasteiger partial charge is 0.460 e. The molecular formula is C69H96ClN9O11S2. The first kappa shape index (κ1) is 73.0. The average molecular weight is 1330 g/mol. The van der Waals surface area contributed by atoms with Crippen molar-refractivity contribution in [3.63, 3.8) is 0 Å². The minimum absolute atomic E-state index is 0.00252. The fraction of sp³-hybridized carbons (Fsp3) is 0.594. The molecule has 0 aliphatic carbocycles. The van der Waals surface area contributed by atoms with Crippen molar-refractivity contribution >= 4 is 75.6 Å². The number of unbranched alkanes of at least 4 members (excludes halogenated alkanes) is 11. The molecule has 502 valence electrons. The maximum absolute atomic E-state index is 14.7. The van der Waals surface area contributed by atoms with Crippen LogP contribution in [0.15, 0.2) is 59.0 Å². The number of benzene rings is 2. The number of thiophene rings is 1. The van der Waals surface area contributed by atoms with Crippen molar-refractivity contribution in [3.05, 3.63) is 104 Å². The van der Waals surface area contributed by atoms with Gasteiger partial charge in [-0.05, 0) is 95.5 Å². The SMILES string of the molecule is Cc1ncsc1-c1ccc(CNC(=O)[C@@H]2C[C@@H](OC(=O)CCCCCCCCCCCCCCC(=O)OC(C)(C)C)CN2C(=O)[C@@H](NC(=O)COCCOCCOCCNC(=O)C[C@@H]2N=C(c3ccc(Cl)cc3)c3c(sc(C)c3C)-n3c(C)nnc32)C(C)(C)C)cc1. The molecule has 3 N–H and O–H groups in total. The zero-order valence-corrected chi connectivity index (χ0v) is 57.9. The minimum atomic E-state index is -1.04. The van der Waals surface area contributed by atoms with Crippen molar-refractivity contribution in [2.75, 3.05) is 52.7 Å². The number of ether oxygens (including phenoxy) is 5. The van der Waals surface area contributed by atoms with Gasteiger partial charge in [0.1, 0.15) is 47.3 Å². The first-order chi connectivity index (χ1) is 44.0. The Morgan fingerprint density at radius 3 is 1.91 bits per heavy atom. The standard InChI is InChI=1S/C69H96ClN9O11S2/c1-45-47(3)92-67-60(45)61(50-29-31-52(70)32-30-50)74-54(64-77-76-48(4)79(64)67)40-56(80)71-33-34-86-35-36-87-37-38-88-43-57(81)75-63(68(5,6)7)66(85)78-42-53(39-55(78)65(84)72-41-49-25-27-51(28-26-49)62-46(2)73-44-91-62)89-58(82)23-21-19-17-15-13-11-12-14-16-18-20-22-24-59(83)90-69(8,9)10/h25-32,44,53-55,63H,11-24,33-43H2,1-10H3,(H,71,80)(H,72,84)(H,75,81)/t53-,54+,55+,63-/m1/s1. The third kappa shape index (κ3) is 22.4. The Morgan fingerprint density at radius 1 is 0.707 bits per heavy atom. The molecule has 92 heavy (non-hydrogen) atoms. The van der Waals surface area contributed by atoms with E-state index in [0.717, 1.165) is 98.9 Å². The predicted octanol–water partition coefficient (Wildman–Crippen LogP) is 12.0. The summed E-state index contributed by atoms with van der Waals surface area (Å²) in [5.74, 6) is -0.767. The van der Waals surface area contributed by atoms with Crippen LogP contribution in [0, 0.1) is 33.1 Å². The van der Waals surface area contributed by atoms with Gasteiger partial charge in [-0.25, -0.2) is 4.98 Å². The molecule has 4 amide bonds. The molecule has 23 heteroatoms. The van der Waals surface area contributed by atoms with E-state index in [1.165, 1.54) is 30.6 Å². The number of esters is 2. The number of nitrogens with one attached hydrogen (secondary N) is 3. The van der Waals surface area contributed by atoms with Gasteiger partial charge in [0.2, 0.25) is 23.6 Å². The number of aliphatic imine (C=N–C) groups is 1. The Kier molecular flexibility index (Phi) is 28.3. The predicted molar refractivity (Wildman–Crippen MR) is 359 cm³/mol. The van der Waals surface area contributed by atoms with Gasteiger partial charge >= 0.3 is 11.9 Å². The highest BCUT2D eigenvalue weighted by atomic mass is 35.5. The van der Waals surface area contributed by atoms with Crippen molar-refractivity contribution in [2.24, 2.45) is 10.4 Å². The molecule has 2 aliphatic heterocycles. The van der Waals surface area contributed by atoms with Gasteiger partial charge in [0.15, 0.2) is 5.82 Å². The van der Waals surface area contributed by atoms with Gasteiger partial charge in [-0.15, -0.1) is 32.9 Å². The molecule has 0 radical (unpaired) electrons. The number of nitrogens with zero attached hydrogens (tertiary/aromatic N) is 6. The molecule has 0 spiro atoms. The quantitative estimate of drug-likeness (QED) is 0.0250. The van der Waals surface area contributed by atoms with Gasteiger partial charge in [-0.2, -0.15) is 0 Å². The Morgan fingerprint density at radius 2 is 1.30 bits per heavy atom. The van der Waals surface area contributed by atoms with E-state index >= 15 is 0 Å². The number of aryl methyl sites for hydroxylation is 3. The highest BCUT2D eigenvalue weighted by Crippen LogP contribution is 2.40. The number of aromatic nitrogens is 4. The summed E-state index contributed by atoms with van der Waals surface area (Å²) in [6.45, 7) is 20.4. The zero-order chi connectivity index (χ0) is 66.4. The Hall–Kier alpha value is -6.43. The first-order valence-corrected chi connectivity index (χ1v) is 34.7. The highest BCUT2D eigenvalue weighted by molar-refractivity contribution is 7.15. The number of thiazole rings is 1. The number of hydrogen-bond donors (Lipinski definition) is 3. The van der Waals surface area contributed by atoms with Crippen LogP contribution in [0.25, 0.3) is 15.4 Å². The van der Waals surface area contributed by atoms with Crippen LogP contribution >= 0.6 is 34.3 Å². The summed E-state index contributed by atoms with van der Waals surface area (Å²) < 4.78 is 30.5. The highest BCUT2D eigenvalue weighted by Gasteiger charge is 2.46. The van der Waals surface area contributed by atoms with Crippen LogP contribution in [-0.2, 0) is 59.0 Å². The van der Waals surface area contributed by atoms with Gasteiger partial charge in [0, 0.05) is 53.4 Å². The first-order valence-electron chi connectivity index (χ1n) is 32.6. The van der Waals surface area contributed by atoms with E-state index < -0.39 is 47.1 Å². The van der Waals surface area contributed by atoms with Gasteiger partial charge in [0.25, 0.3) is 0 Å². The lowest BCUT2D eigenvalue weighted by atomic mass is 9.85. The lowest BCUT2D eigenvalue weighted by Gasteiger charge is -2.35. The van der Waals surface area contributed by atoms with Crippen LogP contribution in [0.1, 0.15) is 195 Å². The van der Waals surface area contributed by atoms with E-state index in [2.05, 4.69) is 45.0 Å². The number of carbonyl (C=O) groups is 6. The third-order valence-corrected chi connectivity index (χ3v) is 18.6. The lowest BCUT2D eigenvalue weighted by molar-refractivity contribution is -0.155. The number of halogens is 1. The molecule has 1 fully saturated rings. The van der Waals surface area contributed by atoms with Crippen LogP contribution in [0.4, 0.5) is 0 Å². The smallest absolute Gasteiger partial charge is 0.306 e. The van der Waals surface area contributed by atoms with E-state index in [4.69, 9.17) is 40.3 Å². The van der Waals surface area contributed by atoms with Crippen molar-refractivity contribution in [1.29, 1.82) is 0 Å². The second-order valence-electron chi connectivity index (χ2n) is 26.0. The molecule has 0 saturated carbocycles. The summed E-state index contributed by atoms with van der Waals surface area (Å²) in [5.41, 5.74) is 7.20. The Labute approximate surface area is 556 Å². The maximum Gasteiger partial charge on any atom is 0.306 e. The molecule has 2 aromatic carbocycles. The molecule has 0 unspecified atom stereocenters. The normalized spacial score (nSPS) is 15.9. The number of hydrogen-bond acceptors (Lipinski definition) is 17. The van der Waals surface area contributed by atoms with Crippen LogP contribution in [-0.4, -0.2) is 142 Å². The third-order valence-electron chi connectivity index (χ3n) is 16.2. The molecule has 20 nitrogen and oxygen atoms in total. The number of carbonyl (C=O) groups excluding carboxylic acids is 6. The Bertz CT molecular complexity index is 3260. The van der Waals surface area contributed by atoms with E-state index in [-0.39, 0.29) is 102 Å².